The summed E-state index contributed by atoms with van der Waals surface area (Å²) in [5.74, 6) is -0.105. The van der Waals surface area contributed by atoms with E-state index in [1.807, 2.05) is 19.1 Å². The molecule has 2 nitrogen and oxygen atoms in total. The molecule has 1 aromatic carbocycles. The molecule has 0 atom stereocenters. The fraction of sp³-hybridized carbons (Fsp3) is 0.222. The Balaban J connectivity index is 3.04. The molecule has 0 aromatic heterocycles. The van der Waals surface area contributed by atoms with Crippen LogP contribution in [0.3, 0.4) is 0 Å². The van der Waals surface area contributed by atoms with Crippen molar-refractivity contribution in [2.75, 3.05) is 5.32 Å². The summed E-state index contributed by atoms with van der Waals surface area (Å²) < 4.78 is 0. The Morgan fingerprint density at radius 1 is 1.50 bits per heavy atom. The normalized spacial score (nSPS) is 9.58. The number of rotatable bonds is 1. The molecule has 1 amide bonds. The van der Waals surface area contributed by atoms with Crippen molar-refractivity contribution < 1.29 is 4.79 Å². The molecule has 0 heterocycles. The highest BCUT2D eigenvalue weighted by Gasteiger charge is 2.03. The van der Waals surface area contributed by atoms with Crippen molar-refractivity contribution in [3.63, 3.8) is 0 Å². The predicted octanol–water partition coefficient (Wildman–Crippen LogP) is 2.61. The van der Waals surface area contributed by atoms with Crippen LogP contribution in [0.1, 0.15) is 12.5 Å². The third-order valence-corrected chi connectivity index (χ3v) is 1.84. The lowest BCUT2D eigenvalue weighted by Gasteiger charge is -2.07. The summed E-state index contributed by atoms with van der Waals surface area (Å²) in [6.45, 7) is 3.36. The van der Waals surface area contributed by atoms with Crippen molar-refractivity contribution in [3.8, 4) is 0 Å². The number of carbonyl (C=O) groups is 1. The average Bonchev–Trinajstić information content (AvgIpc) is 1.97. The smallest absolute Gasteiger partial charge is 0.221 e. The lowest BCUT2D eigenvalue weighted by Crippen LogP contribution is -2.07. The van der Waals surface area contributed by atoms with Crippen LogP contribution in [0.2, 0.25) is 5.02 Å². The van der Waals surface area contributed by atoms with Crippen LogP contribution in [0, 0.1) is 6.92 Å². The van der Waals surface area contributed by atoms with Gasteiger partial charge >= 0.3 is 0 Å². The summed E-state index contributed by atoms with van der Waals surface area (Å²) in [6, 6.07) is 5.50. The Bertz CT molecular complexity index is 289. The van der Waals surface area contributed by atoms with E-state index in [0.29, 0.717) is 10.7 Å². The highest BCUT2D eigenvalue weighted by atomic mass is 35.5. The number of benzene rings is 1. The molecule has 0 aliphatic carbocycles. The number of halogens is 1. The molecule has 1 N–H and O–H groups in total. The van der Waals surface area contributed by atoms with Crippen molar-refractivity contribution in [1.82, 2.24) is 0 Å². The quantitative estimate of drug-likeness (QED) is 0.713. The zero-order valence-electron chi connectivity index (χ0n) is 7.02. The third-order valence-electron chi connectivity index (χ3n) is 1.52. The minimum Gasteiger partial charge on any atom is -0.325 e. The van der Waals surface area contributed by atoms with E-state index in [-0.39, 0.29) is 5.91 Å². The standard InChI is InChI=1S/C9H10ClNO/c1-6-4-3-5-8(10)9(6)11-7(2)12/h3-5H,1-2H3,(H,11,12). The first-order valence-corrected chi connectivity index (χ1v) is 4.02. The van der Waals surface area contributed by atoms with Crippen LogP contribution in [0.15, 0.2) is 18.2 Å². The maximum Gasteiger partial charge on any atom is 0.221 e. The molecule has 64 valence electrons. The Hall–Kier alpha value is -1.02. The molecule has 12 heavy (non-hydrogen) atoms. The van der Waals surface area contributed by atoms with Gasteiger partial charge in [-0.1, -0.05) is 23.7 Å². The predicted molar refractivity (Wildman–Crippen MR) is 50.5 cm³/mol. The number of hydrogen-bond acceptors (Lipinski definition) is 1. The molecule has 1 rings (SSSR count). The summed E-state index contributed by atoms with van der Waals surface area (Å²) in [7, 11) is 0. The number of nitrogens with one attached hydrogen (secondary N) is 1. The van der Waals surface area contributed by atoms with E-state index in [2.05, 4.69) is 5.32 Å². The lowest BCUT2D eigenvalue weighted by molar-refractivity contribution is -0.114. The van der Waals surface area contributed by atoms with Gasteiger partial charge in [-0.3, -0.25) is 4.79 Å². The maximum absolute atomic E-state index is 10.7. The van der Waals surface area contributed by atoms with Crippen LogP contribution < -0.4 is 5.32 Å². The Morgan fingerprint density at radius 2 is 2.17 bits per heavy atom. The Kier molecular flexibility index (Phi) is 2.71. The second-order valence-corrected chi connectivity index (χ2v) is 3.02. The minimum absolute atomic E-state index is 0.105. The van der Waals surface area contributed by atoms with Crippen molar-refractivity contribution in [1.29, 1.82) is 0 Å². The van der Waals surface area contributed by atoms with Gasteiger partial charge in [0.05, 0.1) is 10.7 Å². The van der Waals surface area contributed by atoms with Gasteiger partial charge in [0.15, 0.2) is 0 Å². The second-order valence-electron chi connectivity index (χ2n) is 2.61. The van der Waals surface area contributed by atoms with Gasteiger partial charge in [0.25, 0.3) is 0 Å². The van der Waals surface area contributed by atoms with E-state index < -0.39 is 0 Å². The van der Waals surface area contributed by atoms with Gasteiger partial charge in [0.1, 0.15) is 0 Å². The minimum atomic E-state index is -0.105. The van der Waals surface area contributed by atoms with E-state index in [1.165, 1.54) is 6.92 Å². The maximum atomic E-state index is 10.7. The van der Waals surface area contributed by atoms with E-state index in [0.717, 1.165) is 5.56 Å². The molecule has 0 radical (unpaired) electrons. The van der Waals surface area contributed by atoms with Gasteiger partial charge in [0.2, 0.25) is 5.91 Å². The molecular formula is C9H10ClNO. The Labute approximate surface area is 76.5 Å². The first-order chi connectivity index (χ1) is 5.61. The molecule has 3 heteroatoms. The number of hydrogen-bond donors (Lipinski definition) is 1. The van der Waals surface area contributed by atoms with E-state index >= 15 is 0 Å². The molecular weight excluding hydrogens is 174 g/mol. The number of para-hydroxylation sites is 1. The van der Waals surface area contributed by atoms with Crippen LogP contribution in [-0.4, -0.2) is 5.91 Å². The van der Waals surface area contributed by atoms with Gasteiger partial charge in [-0.25, -0.2) is 0 Å². The van der Waals surface area contributed by atoms with Crippen LogP contribution in [0.5, 0.6) is 0 Å². The summed E-state index contributed by atoms with van der Waals surface area (Å²) in [5, 5.41) is 3.24. The zero-order valence-corrected chi connectivity index (χ0v) is 7.77. The lowest BCUT2D eigenvalue weighted by atomic mass is 10.2. The van der Waals surface area contributed by atoms with Crippen molar-refractivity contribution in [2.24, 2.45) is 0 Å². The number of amides is 1. The summed E-state index contributed by atoms with van der Waals surface area (Å²) in [6.07, 6.45) is 0. The van der Waals surface area contributed by atoms with Gasteiger partial charge in [-0.2, -0.15) is 0 Å². The number of carbonyl (C=O) groups excluding carboxylic acids is 1. The van der Waals surface area contributed by atoms with Gasteiger partial charge in [0, 0.05) is 6.92 Å². The molecule has 0 aliphatic heterocycles. The van der Waals surface area contributed by atoms with Crippen molar-refractivity contribution >= 4 is 23.2 Å². The van der Waals surface area contributed by atoms with Crippen LogP contribution in [0.4, 0.5) is 5.69 Å². The molecule has 0 saturated heterocycles. The monoisotopic (exact) mass is 183 g/mol. The fourth-order valence-electron chi connectivity index (χ4n) is 0.966. The van der Waals surface area contributed by atoms with Crippen LogP contribution in [0.25, 0.3) is 0 Å². The van der Waals surface area contributed by atoms with Crippen molar-refractivity contribution in [3.05, 3.63) is 28.8 Å². The van der Waals surface area contributed by atoms with Gasteiger partial charge < -0.3 is 5.32 Å². The van der Waals surface area contributed by atoms with Crippen molar-refractivity contribution in [2.45, 2.75) is 13.8 Å². The molecule has 0 fully saturated rings. The Morgan fingerprint density at radius 3 is 2.67 bits per heavy atom. The fourth-order valence-corrected chi connectivity index (χ4v) is 1.24. The van der Waals surface area contributed by atoms with E-state index in [9.17, 15) is 4.79 Å². The highest BCUT2D eigenvalue weighted by molar-refractivity contribution is 6.33. The van der Waals surface area contributed by atoms with Crippen LogP contribution in [-0.2, 0) is 4.79 Å². The van der Waals surface area contributed by atoms with Crippen LogP contribution >= 0.6 is 11.6 Å². The third kappa shape index (κ3) is 1.98. The average molecular weight is 184 g/mol. The zero-order chi connectivity index (χ0) is 9.14. The summed E-state index contributed by atoms with van der Waals surface area (Å²) in [4.78, 5) is 10.7. The van der Waals surface area contributed by atoms with Gasteiger partial charge in [-0.05, 0) is 18.6 Å². The van der Waals surface area contributed by atoms with Gasteiger partial charge in [-0.15, -0.1) is 0 Å². The molecule has 1 aromatic rings. The summed E-state index contributed by atoms with van der Waals surface area (Å²) in [5.41, 5.74) is 1.67. The first kappa shape index (κ1) is 9.07. The molecule has 0 spiro atoms. The molecule has 0 aliphatic rings. The van der Waals surface area contributed by atoms with E-state index in [1.54, 1.807) is 6.07 Å². The molecule has 0 bridgehead atoms. The number of aryl methyl sites for hydroxylation is 1. The van der Waals surface area contributed by atoms with E-state index in [4.69, 9.17) is 11.6 Å². The topological polar surface area (TPSA) is 29.1 Å². The second kappa shape index (κ2) is 3.59. The summed E-state index contributed by atoms with van der Waals surface area (Å²) >= 11 is 5.86. The highest BCUT2D eigenvalue weighted by Crippen LogP contribution is 2.24. The molecule has 0 saturated carbocycles. The number of anilines is 1. The SMILES string of the molecule is CC(=O)Nc1c(C)cccc1Cl. The first-order valence-electron chi connectivity index (χ1n) is 3.64. The largest absolute Gasteiger partial charge is 0.325 e. The molecule has 0 unspecified atom stereocenters.